The second kappa shape index (κ2) is 13.8. The van der Waals surface area contributed by atoms with E-state index in [0.29, 0.717) is 0 Å². The minimum absolute atomic E-state index is 0.755. The molecule has 0 fully saturated rings. The summed E-state index contributed by atoms with van der Waals surface area (Å²) in [6.45, 7) is 0. The Morgan fingerprint density at radius 1 is 0.323 bits per heavy atom. The van der Waals surface area contributed by atoms with Gasteiger partial charge in [-0.2, -0.15) is 0 Å². The lowest BCUT2D eigenvalue weighted by Crippen LogP contribution is -2.02. The molecule has 302 valence electrons. The van der Waals surface area contributed by atoms with Crippen LogP contribution in [0.4, 0.5) is 0 Å². The third-order valence-corrected chi connectivity index (χ3v) is 13.4. The summed E-state index contributed by atoms with van der Waals surface area (Å²) in [6, 6.07) is 70.1. The molecule has 0 N–H and O–H groups in total. The van der Waals surface area contributed by atoms with E-state index in [-0.39, 0.29) is 0 Å². The number of hydrogen-bond acceptors (Lipinski definition) is 3. The van der Waals surface area contributed by atoms with Crippen LogP contribution in [0.25, 0.3) is 127 Å². The van der Waals surface area contributed by atoms with Gasteiger partial charge in [-0.15, -0.1) is 0 Å². The number of aromatic nitrogens is 6. The van der Waals surface area contributed by atoms with E-state index in [2.05, 4.69) is 213 Å². The van der Waals surface area contributed by atoms with Gasteiger partial charge >= 0.3 is 0 Å². The highest BCUT2D eigenvalue weighted by Gasteiger charge is 2.23. The molecule has 0 unspecified atom stereocenters. The largest absolute Gasteiger partial charge is 0.309 e. The molecule has 0 aliphatic rings. The van der Waals surface area contributed by atoms with Crippen molar-refractivity contribution in [2.45, 2.75) is 0 Å². The molecule has 0 spiro atoms. The Hall–Kier alpha value is -8.87. The second-order valence-electron chi connectivity index (χ2n) is 16.9. The van der Waals surface area contributed by atoms with Crippen molar-refractivity contribution in [2.24, 2.45) is 0 Å². The molecule has 0 bridgehead atoms. The molecule has 5 heterocycles. The van der Waals surface area contributed by atoms with Gasteiger partial charge in [-0.3, -0.25) is 14.5 Å². The lowest BCUT2D eigenvalue weighted by atomic mass is 9.95. The van der Waals surface area contributed by atoms with Gasteiger partial charge in [0.15, 0.2) is 5.82 Å². The average molecular weight is 829 g/mol. The first-order valence-corrected chi connectivity index (χ1v) is 22.0. The summed E-state index contributed by atoms with van der Waals surface area (Å²) in [5.41, 5.74) is 13.1. The minimum Gasteiger partial charge on any atom is -0.309 e. The van der Waals surface area contributed by atoms with Gasteiger partial charge in [0.05, 0.1) is 51.2 Å². The zero-order valence-electron chi connectivity index (χ0n) is 35.0. The van der Waals surface area contributed by atoms with E-state index in [1.54, 1.807) is 0 Å². The quantitative estimate of drug-likeness (QED) is 0.174. The molecule has 0 atom stereocenters. The topological polar surface area (TPSA) is 53.5 Å². The first kappa shape index (κ1) is 35.7. The monoisotopic (exact) mass is 828 g/mol. The zero-order chi connectivity index (χ0) is 42.6. The highest BCUT2D eigenvalue weighted by molar-refractivity contribution is 6.24. The summed E-state index contributed by atoms with van der Waals surface area (Å²) in [7, 11) is 0. The fourth-order valence-electron chi connectivity index (χ4n) is 10.5. The average Bonchev–Trinajstić information content (AvgIpc) is 4.02. The van der Waals surface area contributed by atoms with Crippen molar-refractivity contribution >= 4 is 87.0 Å². The number of benzene rings is 9. The zero-order valence-corrected chi connectivity index (χ0v) is 35.0. The van der Waals surface area contributed by atoms with Crippen LogP contribution in [0, 0.1) is 0 Å². The summed E-state index contributed by atoms with van der Waals surface area (Å²) in [4.78, 5) is 14.9. The maximum absolute atomic E-state index is 5.25. The fourth-order valence-corrected chi connectivity index (χ4v) is 10.5. The third kappa shape index (κ3) is 5.31. The number of nitrogens with zero attached hydrogens (tertiary/aromatic N) is 6. The molecule has 5 aromatic heterocycles. The molecule has 65 heavy (non-hydrogen) atoms. The summed E-state index contributed by atoms with van der Waals surface area (Å²) in [5, 5.41) is 11.8. The summed E-state index contributed by atoms with van der Waals surface area (Å²) in [6.07, 6.45) is 7.67. The van der Waals surface area contributed by atoms with Crippen LogP contribution >= 0.6 is 0 Å². The van der Waals surface area contributed by atoms with Crippen molar-refractivity contribution in [1.82, 2.24) is 28.7 Å². The first-order chi connectivity index (χ1) is 32.2. The van der Waals surface area contributed by atoms with E-state index in [1.807, 2.05) is 24.8 Å². The normalized spacial score (nSPS) is 12.0. The Morgan fingerprint density at radius 3 is 1.75 bits per heavy atom. The highest BCUT2D eigenvalue weighted by Crippen LogP contribution is 2.43. The molecular formula is C59H36N6. The summed E-state index contributed by atoms with van der Waals surface area (Å²) in [5.74, 6) is 0.755. The Kier molecular flexibility index (Phi) is 7.59. The van der Waals surface area contributed by atoms with Crippen LogP contribution < -0.4 is 0 Å². The van der Waals surface area contributed by atoms with E-state index in [9.17, 15) is 0 Å². The predicted molar refractivity (Wildman–Crippen MR) is 269 cm³/mol. The highest BCUT2D eigenvalue weighted by atomic mass is 15.1. The lowest BCUT2D eigenvalue weighted by Gasteiger charge is -2.16. The number of para-hydroxylation sites is 3. The summed E-state index contributed by atoms with van der Waals surface area (Å²) < 4.78 is 7.08. The van der Waals surface area contributed by atoms with Crippen molar-refractivity contribution in [3.63, 3.8) is 0 Å². The second-order valence-corrected chi connectivity index (χ2v) is 16.9. The third-order valence-electron chi connectivity index (χ3n) is 13.4. The van der Waals surface area contributed by atoms with Gasteiger partial charge in [0.25, 0.3) is 0 Å². The molecule has 9 aromatic carbocycles. The van der Waals surface area contributed by atoms with E-state index in [4.69, 9.17) is 9.97 Å². The Labute approximate surface area is 372 Å². The van der Waals surface area contributed by atoms with E-state index in [0.717, 1.165) is 83.1 Å². The Morgan fingerprint density at radius 2 is 0.969 bits per heavy atom. The van der Waals surface area contributed by atoms with Crippen LogP contribution in [0.15, 0.2) is 219 Å². The lowest BCUT2D eigenvalue weighted by molar-refractivity contribution is 1.04. The molecule has 6 nitrogen and oxygen atoms in total. The molecule has 14 aromatic rings. The maximum Gasteiger partial charge on any atom is 0.156 e. The van der Waals surface area contributed by atoms with Crippen molar-refractivity contribution in [2.75, 3.05) is 0 Å². The molecule has 0 aliphatic heterocycles. The van der Waals surface area contributed by atoms with Crippen molar-refractivity contribution in [3.05, 3.63) is 219 Å². The maximum atomic E-state index is 5.25. The molecule has 14 rings (SSSR count). The van der Waals surface area contributed by atoms with E-state index in [1.165, 1.54) is 43.4 Å². The van der Waals surface area contributed by atoms with Gasteiger partial charge in [0.2, 0.25) is 0 Å². The van der Waals surface area contributed by atoms with Gasteiger partial charge in [-0.05, 0) is 93.3 Å². The van der Waals surface area contributed by atoms with E-state index < -0.39 is 0 Å². The van der Waals surface area contributed by atoms with Crippen LogP contribution in [0.3, 0.4) is 0 Å². The van der Waals surface area contributed by atoms with Gasteiger partial charge in [0.1, 0.15) is 0 Å². The SMILES string of the molecule is c1ccc(-n2c3ccncc3c3cc(-c4cnc(-n5c6ccccc6c6ccc7c8ccccc8n(-c8cc(-c9ccc%10ccccc%10c9)c9ccccc9c8)c7c65)cn4)ccc32)cc1. The van der Waals surface area contributed by atoms with E-state index >= 15 is 0 Å². The predicted octanol–water partition coefficient (Wildman–Crippen LogP) is 14.8. The van der Waals surface area contributed by atoms with Crippen molar-refractivity contribution < 1.29 is 0 Å². The van der Waals surface area contributed by atoms with Gasteiger partial charge in [-0.25, -0.2) is 4.98 Å². The minimum atomic E-state index is 0.755. The standard InChI is InChI=1S/C59H36N6/c1-2-15-42(16-3-1)63-55-27-24-41(32-50(55)51-34-60-29-28-56(51)63)52-35-62-57(36-61-52)65-54-21-11-9-19-46(54)48-26-25-47-45-18-8-10-20-53(45)64(58(47)59(48)65)43-31-39-14-6-7-17-44(39)49(33-43)40-23-22-37-12-4-5-13-38(37)30-40/h1-36H. The molecule has 0 radical (unpaired) electrons. The van der Waals surface area contributed by atoms with Crippen LogP contribution in [0.5, 0.6) is 0 Å². The number of pyridine rings is 1. The van der Waals surface area contributed by atoms with Gasteiger partial charge < -0.3 is 9.13 Å². The number of fused-ring (bicyclic) bond motifs is 12. The molecule has 6 heteroatoms. The van der Waals surface area contributed by atoms with Crippen LogP contribution in [-0.4, -0.2) is 28.7 Å². The molecular weight excluding hydrogens is 793 g/mol. The van der Waals surface area contributed by atoms with Crippen LogP contribution in [-0.2, 0) is 0 Å². The fraction of sp³-hybridized carbons (Fsp3) is 0. The number of hydrogen-bond donors (Lipinski definition) is 0. The van der Waals surface area contributed by atoms with Gasteiger partial charge in [0, 0.05) is 61.6 Å². The summed E-state index contributed by atoms with van der Waals surface area (Å²) >= 11 is 0. The van der Waals surface area contributed by atoms with Crippen molar-refractivity contribution in [1.29, 1.82) is 0 Å². The van der Waals surface area contributed by atoms with Crippen LogP contribution in [0.2, 0.25) is 0 Å². The van der Waals surface area contributed by atoms with Crippen molar-refractivity contribution in [3.8, 4) is 39.6 Å². The number of rotatable bonds is 5. The molecule has 0 amide bonds. The molecule has 0 saturated carbocycles. The Bertz CT molecular complexity index is 4230. The smallest absolute Gasteiger partial charge is 0.156 e. The molecule has 0 aliphatic carbocycles. The van der Waals surface area contributed by atoms with Gasteiger partial charge in [-0.1, -0.05) is 133 Å². The first-order valence-electron chi connectivity index (χ1n) is 22.0. The Balaban J connectivity index is 0.991. The van der Waals surface area contributed by atoms with Crippen LogP contribution in [0.1, 0.15) is 0 Å². The molecule has 0 saturated heterocycles.